The minimum atomic E-state index is -0.418. The average Bonchev–Trinajstić information content (AvgIpc) is 3.70. The van der Waals surface area contributed by atoms with Gasteiger partial charge in [-0.2, -0.15) is 0 Å². The monoisotopic (exact) mass is 729 g/mol. The molecule has 2 amide bonds. The Morgan fingerprint density at radius 2 is 1.25 bits per heavy atom. The van der Waals surface area contributed by atoms with Crippen LogP contribution in [0, 0.1) is 10.8 Å². The van der Waals surface area contributed by atoms with Crippen molar-refractivity contribution >= 4 is 52.0 Å². The topological polar surface area (TPSA) is 143 Å². The van der Waals surface area contributed by atoms with E-state index in [0.29, 0.717) is 16.6 Å². The van der Waals surface area contributed by atoms with Crippen molar-refractivity contribution in [3.05, 3.63) is 93.4 Å². The number of H-pyrrole nitrogens is 2. The number of oxazole rings is 2. The van der Waals surface area contributed by atoms with Gasteiger partial charge in [-0.15, -0.1) is 12.4 Å². The summed E-state index contributed by atoms with van der Waals surface area (Å²) >= 11 is 0. The maximum atomic E-state index is 12.5. The van der Waals surface area contributed by atoms with Gasteiger partial charge in [-0.3, -0.25) is 9.97 Å². The van der Waals surface area contributed by atoms with Crippen molar-refractivity contribution in [1.82, 2.24) is 25.5 Å². The molecule has 0 bridgehead atoms. The summed E-state index contributed by atoms with van der Waals surface area (Å²) in [4.78, 5) is 47.0. The number of hydrogen-bond donors (Lipinski definition) is 4. The lowest BCUT2D eigenvalue weighted by atomic mass is 9.72. The second-order valence-electron chi connectivity index (χ2n) is 15.0. The fourth-order valence-corrected chi connectivity index (χ4v) is 8.20. The molecule has 13 heteroatoms. The number of amides is 2. The molecular weight excluding hydrogens is 682 g/mol. The van der Waals surface area contributed by atoms with E-state index >= 15 is 0 Å². The number of halogens is 1. The Balaban J connectivity index is 0.000000179. The fourth-order valence-electron chi connectivity index (χ4n) is 8.20. The largest absolute Gasteiger partial charge is 0.417 e. The summed E-state index contributed by atoms with van der Waals surface area (Å²) in [6, 6.07) is 22.4. The highest BCUT2D eigenvalue weighted by molar-refractivity contribution is 5.85. The van der Waals surface area contributed by atoms with Crippen LogP contribution in [0.1, 0.15) is 44.1 Å². The van der Waals surface area contributed by atoms with Gasteiger partial charge >= 0.3 is 17.5 Å². The second-order valence-corrected chi connectivity index (χ2v) is 15.0. The van der Waals surface area contributed by atoms with Gasteiger partial charge in [0.1, 0.15) is 0 Å². The summed E-state index contributed by atoms with van der Waals surface area (Å²) in [6.07, 6.45) is 7.78. The van der Waals surface area contributed by atoms with Crippen molar-refractivity contribution in [2.45, 2.75) is 44.9 Å². The zero-order chi connectivity index (χ0) is 34.8. The molecule has 6 heterocycles. The number of hydrogen-bond acceptors (Lipinski definition) is 8. The van der Waals surface area contributed by atoms with Crippen molar-refractivity contribution in [3.8, 4) is 0 Å². The molecule has 9 rings (SSSR count). The number of piperidine rings is 2. The van der Waals surface area contributed by atoms with Gasteiger partial charge in [0.15, 0.2) is 11.2 Å². The molecule has 12 nitrogen and oxygen atoms in total. The first-order valence-electron chi connectivity index (χ1n) is 18.4. The molecule has 4 aliphatic rings. The number of fused-ring (bicyclic) bond motifs is 2. The molecule has 4 aliphatic heterocycles. The minimum Gasteiger partial charge on any atom is -0.408 e. The summed E-state index contributed by atoms with van der Waals surface area (Å²) < 4.78 is 10.3. The molecule has 276 valence electrons. The SMILES string of the molecule is Cl.O=C(NCCCCc1ccccc1)N1CC2(CCN(c3ccc4[nH]c(=O)oc4c3)CC2)C1.O=c1[nH]c2ccc(N3CCC4(CC3)CNC4)cc2o1. The summed E-state index contributed by atoms with van der Waals surface area (Å²) in [5.41, 5.74) is 7.14. The Labute approximate surface area is 308 Å². The number of aromatic nitrogens is 2. The summed E-state index contributed by atoms with van der Waals surface area (Å²) in [5, 5.41) is 6.47. The van der Waals surface area contributed by atoms with Gasteiger partial charge in [0.25, 0.3) is 0 Å². The second kappa shape index (κ2) is 15.1. The zero-order valence-corrected chi connectivity index (χ0v) is 30.3. The van der Waals surface area contributed by atoms with Gasteiger partial charge < -0.3 is 34.2 Å². The van der Waals surface area contributed by atoms with Crippen LogP contribution in [0.5, 0.6) is 0 Å². The number of benzene rings is 3. The quantitative estimate of drug-likeness (QED) is 0.161. The predicted molar refractivity (Wildman–Crippen MR) is 206 cm³/mol. The van der Waals surface area contributed by atoms with Crippen molar-refractivity contribution < 1.29 is 13.6 Å². The van der Waals surface area contributed by atoms with E-state index in [9.17, 15) is 14.4 Å². The van der Waals surface area contributed by atoms with E-state index in [-0.39, 0.29) is 29.6 Å². The number of anilines is 2. The Hall–Kier alpha value is -4.68. The first-order valence-corrected chi connectivity index (χ1v) is 18.4. The number of carbonyl (C=O) groups excluding carboxylic acids is 1. The normalized spacial score (nSPS) is 18.7. The number of rotatable bonds is 7. The number of urea groups is 1. The third-order valence-corrected chi connectivity index (χ3v) is 11.5. The Morgan fingerprint density at radius 3 is 1.77 bits per heavy atom. The molecule has 4 N–H and O–H groups in total. The summed E-state index contributed by atoms with van der Waals surface area (Å²) in [5.74, 6) is -0.802. The molecule has 5 aromatic rings. The molecule has 2 spiro atoms. The Kier molecular flexibility index (Phi) is 10.4. The summed E-state index contributed by atoms with van der Waals surface area (Å²) in [6.45, 7) is 8.86. The van der Waals surface area contributed by atoms with Gasteiger partial charge in [0.2, 0.25) is 0 Å². The molecular formula is C39H48ClN7O5. The van der Waals surface area contributed by atoms with Crippen molar-refractivity contribution in [1.29, 1.82) is 0 Å². The third-order valence-electron chi connectivity index (χ3n) is 11.5. The molecule has 4 fully saturated rings. The maximum absolute atomic E-state index is 12.5. The fraction of sp³-hybridized carbons (Fsp3) is 0.462. The molecule has 52 heavy (non-hydrogen) atoms. The lowest BCUT2D eigenvalue weighted by Crippen LogP contribution is -2.63. The van der Waals surface area contributed by atoms with E-state index in [1.807, 2.05) is 41.3 Å². The third kappa shape index (κ3) is 7.73. The van der Waals surface area contributed by atoms with Crippen LogP contribution in [0.25, 0.3) is 22.2 Å². The molecule has 0 unspecified atom stereocenters. The van der Waals surface area contributed by atoms with Crippen LogP contribution in [0.15, 0.2) is 85.2 Å². The predicted octanol–water partition coefficient (Wildman–Crippen LogP) is 5.49. The van der Waals surface area contributed by atoms with Crippen LogP contribution in [0.4, 0.5) is 16.2 Å². The van der Waals surface area contributed by atoms with Crippen LogP contribution < -0.4 is 31.9 Å². The molecule has 2 aromatic heterocycles. The number of aryl methyl sites for hydroxylation is 1. The van der Waals surface area contributed by atoms with Gasteiger partial charge in [-0.05, 0) is 80.2 Å². The summed E-state index contributed by atoms with van der Waals surface area (Å²) in [7, 11) is 0. The molecule has 0 aliphatic carbocycles. The van der Waals surface area contributed by atoms with Crippen molar-refractivity contribution in [2.75, 3.05) is 68.7 Å². The van der Waals surface area contributed by atoms with E-state index < -0.39 is 5.76 Å². The van der Waals surface area contributed by atoms with Gasteiger partial charge in [0, 0.05) is 87.8 Å². The van der Waals surface area contributed by atoms with E-state index in [4.69, 9.17) is 8.83 Å². The lowest BCUT2D eigenvalue weighted by Gasteiger charge is -2.54. The number of aromatic amines is 2. The van der Waals surface area contributed by atoms with Gasteiger partial charge in [-0.1, -0.05) is 30.3 Å². The first-order chi connectivity index (χ1) is 24.8. The molecule has 0 saturated carbocycles. The highest BCUT2D eigenvalue weighted by Gasteiger charge is 2.46. The first kappa shape index (κ1) is 35.7. The van der Waals surface area contributed by atoms with Gasteiger partial charge in [-0.25, -0.2) is 14.4 Å². The number of nitrogens with zero attached hydrogens (tertiary/aromatic N) is 3. The smallest absolute Gasteiger partial charge is 0.408 e. The lowest BCUT2D eigenvalue weighted by molar-refractivity contribution is 0.0113. The van der Waals surface area contributed by atoms with E-state index in [1.54, 1.807) is 0 Å². The highest BCUT2D eigenvalue weighted by atomic mass is 35.5. The van der Waals surface area contributed by atoms with E-state index in [2.05, 4.69) is 60.7 Å². The van der Waals surface area contributed by atoms with Crippen LogP contribution in [0.3, 0.4) is 0 Å². The molecule has 3 aromatic carbocycles. The van der Waals surface area contributed by atoms with Crippen molar-refractivity contribution in [3.63, 3.8) is 0 Å². The minimum absolute atomic E-state index is 0. The van der Waals surface area contributed by atoms with Gasteiger partial charge in [0.05, 0.1) is 11.0 Å². The van der Waals surface area contributed by atoms with E-state index in [0.717, 1.165) is 100 Å². The van der Waals surface area contributed by atoms with E-state index in [1.165, 1.54) is 31.5 Å². The zero-order valence-electron chi connectivity index (χ0n) is 29.5. The van der Waals surface area contributed by atoms with Crippen LogP contribution in [0.2, 0.25) is 0 Å². The Bertz CT molecular complexity index is 2080. The average molecular weight is 730 g/mol. The number of carbonyl (C=O) groups is 1. The Morgan fingerprint density at radius 1 is 0.712 bits per heavy atom. The van der Waals surface area contributed by atoms with Crippen LogP contribution in [-0.4, -0.2) is 79.8 Å². The molecule has 0 atom stereocenters. The highest BCUT2D eigenvalue weighted by Crippen LogP contribution is 2.41. The molecule has 0 radical (unpaired) electrons. The van der Waals surface area contributed by atoms with Crippen LogP contribution >= 0.6 is 12.4 Å². The maximum Gasteiger partial charge on any atom is 0.417 e. The number of unbranched alkanes of at least 4 members (excludes halogenated alkanes) is 1. The number of likely N-dealkylation sites (tertiary alicyclic amines) is 1. The van der Waals surface area contributed by atoms with Crippen LogP contribution in [-0.2, 0) is 6.42 Å². The standard InChI is InChI=1S/C25H30N4O3.C14H17N3O2.ClH/c30-23(26-13-5-4-8-19-6-2-1-3-7-19)29-17-25(18-29)11-14-28(15-12-25)20-9-10-21-22(16-20)32-24(31)27-21;18-13-16-11-2-1-10(7-12(11)19-13)17-5-3-14(4-6-17)8-15-9-14;/h1-3,6-7,9-10,16H,4-5,8,11-15,17-18H2,(H,26,30)(H,27,31);1-2,7,15H,3-6,8-9H2,(H,16,18);1H. The molecule has 4 saturated heterocycles. The van der Waals surface area contributed by atoms with Crippen molar-refractivity contribution in [2.24, 2.45) is 10.8 Å². The number of nitrogens with one attached hydrogen (secondary N) is 4.